The standard InChI is InChI=1S/C12H10N4O5S/c1-2-22(20,21)6-3-4-8-7(5-6)10-14-9(11(17)18)15-16(10)12(19)13-8/h3-5H,2H2,1H3,(H,13,19)(H,17,18). The molecule has 3 aromatic rings. The molecule has 0 aliphatic rings. The molecule has 2 heterocycles. The first-order valence-electron chi connectivity index (χ1n) is 6.22. The normalized spacial score (nSPS) is 12.0. The van der Waals surface area contributed by atoms with Gasteiger partial charge in [0.05, 0.1) is 16.2 Å². The highest BCUT2D eigenvalue weighted by atomic mass is 32.2. The number of aromatic nitrogens is 4. The van der Waals surface area contributed by atoms with Crippen molar-refractivity contribution in [3.63, 3.8) is 0 Å². The maximum atomic E-state index is 12.0. The van der Waals surface area contributed by atoms with Crippen LogP contribution in [0.4, 0.5) is 0 Å². The van der Waals surface area contributed by atoms with E-state index in [1.165, 1.54) is 25.1 Å². The number of aromatic carboxylic acids is 1. The van der Waals surface area contributed by atoms with Crippen LogP contribution in [0.15, 0.2) is 27.9 Å². The molecule has 0 saturated carbocycles. The number of nitrogens with one attached hydrogen (secondary N) is 1. The van der Waals surface area contributed by atoms with Gasteiger partial charge in [-0.05, 0) is 18.2 Å². The van der Waals surface area contributed by atoms with Gasteiger partial charge in [0.1, 0.15) is 0 Å². The maximum absolute atomic E-state index is 12.0. The first-order valence-corrected chi connectivity index (χ1v) is 7.87. The Morgan fingerprint density at radius 1 is 1.41 bits per heavy atom. The van der Waals surface area contributed by atoms with Gasteiger partial charge >= 0.3 is 11.7 Å². The molecule has 10 heteroatoms. The van der Waals surface area contributed by atoms with Crippen molar-refractivity contribution in [3.8, 4) is 0 Å². The van der Waals surface area contributed by atoms with E-state index in [4.69, 9.17) is 5.11 Å². The first-order chi connectivity index (χ1) is 10.3. The molecule has 0 amide bonds. The van der Waals surface area contributed by atoms with E-state index >= 15 is 0 Å². The van der Waals surface area contributed by atoms with Gasteiger partial charge in [0.15, 0.2) is 15.5 Å². The van der Waals surface area contributed by atoms with Gasteiger partial charge in [-0.3, -0.25) is 0 Å². The van der Waals surface area contributed by atoms with Crippen molar-refractivity contribution >= 4 is 32.4 Å². The summed E-state index contributed by atoms with van der Waals surface area (Å²) < 4.78 is 24.7. The Hall–Kier alpha value is -2.75. The summed E-state index contributed by atoms with van der Waals surface area (Å²) in [5.74, 6) is -2.00. The second-order valence-corrected chi connectivity index (χ2v) is 6.80. The van der Waals surface area contributed by atoms with Crippen LogP contribution in [0, 0.1) is 0 Å². The van der Waals surface area contributed by atoms with Crippen LogP contribution in [0.25, 0.3) is 16.6 Å². The van der Waals surface area contributed by atoms with Crippen LogP contribution < -0.4 is 5.69 Å². The number of fused-ring (bicyclic) bond motifs is 3. The van der Waals surface area contributed by atoms with E-state index in [9.17, 15) is 18.0 Å². The molecular formula is C12H10N4O5S. The second kappa shape index (κ2) is 4.63. The molecular weight excluding hydrogens is 312 g/mol. The van der Waals surface area contributed by atoms with Crippen molar-refractivity contribution in [2.75, 3.05) is 5.75 Å². The fourth-order valence-electron chi connectivity index (χ4n) is 2.06. The number of benzene rings is 1. The predicted octanol–water partition coefficient (Wildman–Crippen LogP) is 0.0626. The lowest BCUT2D eigenvalue weighted by Gasteiger charge is -2.04. The Morgan fingerprint density at radius 2 is 2.14 bits per heavy atom. The Bertz CT molecular complexity index is 1080. The number of aromatic amines is 1. The topological polar surface area (TPSA) is 134 Å². The van der Waals surface area contributed by atoms with Gasteiger partial charge < -0.3 is 10.1 Å². The van der Waals surface area contributed by atoms with Crippen LogP contribution >= 0.6 is 0 Å². The summed E-state index contributed by atoms with van der Waals surface area (Å²) in [6, 6.07) is 4.16. The third kappa shape index (κ3) is 2.04. The average Bonchev–Trinajstić information content (AvgIpc) is 2.93. The zero-order valence-corrected chi connectivity index (χ0v) is 12.1. The molecule has 2 aromatic heterocycles. The summed E-state index contributed by atoms with van der Waals surface area (Å²) in [4.78, 5) is 29.2. The molecule has 2 N–H and O–H groups in total. The van der Waals surface area contributed by atoms with Crippen molar-refractivity contribution in [2.45, 2.75) is 11.8 Å². The molecule has 0 fully saturated rings. The zero-order valence-electron chi connectivity index (χ0n) is 11.3. The summed E-state index contributed by atoms with van der Waals surface area (Å²) in [7, 11) is -3.44. The monoisotopic (exact) mass is 322 g/mol. The van der Waals surface area contributed by atoms with Crippen LogP contribution in [-0.4, -0.2) is 44.8 Å². The molecule has 22 heavy (non-hydrogen) atoms. The summed E-state index contributed by atoms with van der Waals surface area (Å²) in [5, 5.41) is 12.8. The molecule has 3 rings (SSSR count). The molecule has 0 aliphatic heterocycles. The number of H-pyrrole nitrogens is 1. The second-order valence-electron chi connectivity index (χ2n) is 4.52. The van der Waals surface area contributed by atoms with Gasteiger partial charge in [0, 0.05) is 5.39 Å². The quantitative estimate of drug-likeness (QED) is 0.696. The number of carboxylic acids is 1. The summed E-state index contributed by atoms with van der Waals surface area (Å²) >= 11 is 0. The zero-order chi connectivity index (χ0) is 16.1. The van der Waals surface area contributed by atoms with Gasteiger partial charge in [-0.15, -0.1) is 5.10 Å². The highest BCUT2D eigenvalue weighted by molar-refractivity contribution is 7.91. The number of rotatable bonds is 3. The largest absolute Gasteiger partial charge is 0.475 e. The van der Waals surface area contributed by atoms with Crippen LogP contribution in [0.5, 0.6) is 0 Å². The van der Waals surface area contributed by atoms with Crippen molar-refractivity contribution in [1.82, 2.24) is 19.6 Å². The highest BCUT2D eigenvalue weighted by Gasteiger charge is 2.18. The molecule has 0 spiro atoms. The minimum atomic E-state index is -3.44. The van der Waals surface area contributed by atoms with Crippen LogP contribution in [0.3, 0.4) is 0 Å². The van der Waals surface area contributed by atoms with Gasteiger partial charge in [-0.1, -0.05) is 6.92 Å². The predicted molar refractivity (Wildman–Crippen MR) is 75.8 cm³/mol. The lowest BCUT2D eigenvalue weighted by Crippen LogP contribution is -2.18. The van der Waals surface area contributed by atoms with E-state index in [1.54, 1.807) is 0 Å². The molecule has 0 aliphatic carbocycles. The molecule has 0 bridgehead atoms. The fourth-order valence-corrected chi connectivity index (χ4v) is 2.97. The molecule has 9 nitrogen and oxygen atoms in total. The maximum Gasteiger partial charge on any atom is 0.375 e. The third-order valence-corrected chi connectivity index (χ3v) is 4.94. The van der Waals surface area contributed by atoms with Gasteiger partial charge in [0.25, 0.3) is 5.82 Å². The molecule has 0 unspecified atom stereocenters. The number of carboxylic acid groups (broad SMARTS) is 1. The number of carbonyl (C=O) groups is 1. The Morgan fingerprint density at radius 3 is 2.77 bits per heavy atom. The number of sulfone groups is 1. The van der Waals surface area contributed by atoms with Gasteiger partial charge in [-0.2, -0.15) is 4.52 Å². The Kier molecular flexibility index (Phi) is 2.99. The van der Waals surface area contributed by atoms with Crippen molar-refractivity contribution in [3.05, 3.63) is 34.5 Å². The van der Waals surface area contributed by atoms with E-state index in [1.807, 2.05) is 0 Å². The Labute approximate surface area is 123 Å². The van der Waals surface area contributed by atoms with Crippen LogP contribution in [0.1, 0.15) is 17.5 Å². The average molecular weight is 322 g/mol. The van der Waals surface area contributed by atoms with Crippen LogP contribution in [0.2, 0.25) is 0 Å². The summed E-state index contributed by atoms with van der Waals surface area (Å²) in [6.45, 7) is 1.52. The van der Waals surface area contributed by atoms with E-state index in [2.05, 4.69) is 15.1 Å². The number of hydrogen-bond donors (Lipinski definition) is 2. The summed E-state index contributed by atoms with van der Waals surface area (Å²) in [5.41, 5.74) is -0.324. The minimum Gasteiger partial charge on any atom is -0.475 e. The third-order valence-electron chi connectivity index (χ3n) is 3.20. The van der Waals surface area contributed by atoms with E-state index in [0.29, 0.717) is 10.9 Å². The number of nitrogens with zero attached hydrogens (tertiary/aromatic N) is 3. The minimum absolute atomic E-state index is 0.00990. The lowest BCUT2D eigenvalue weighted by atomic mass is 10.2. The first kappa shape index (κ1) is 14.2. The molecule has 0 radical (unpaired) electrons. The van der Waals surface area contributed by atoms with E-state index in [0.717, 1.165) is 4.52 Å². The Balaban J connectivity index is 2.45. The van der Waals surface area contributed by atoms with Gasteiger partial charge in [0.2, 0.25) is 0 Å². The summed E-state index contributed by atoms with van der Waals surface area (Å²) in [6.07, 6.45) is 0. The fraction of sp³-hybridized carbons (Fsp3) is 0.167. The number of hydrogen-bond acceptors (Lipinski definition) is 6. The van der Waals surface area contributed by atoms with Crippen molar-refractivity contribution in [2.24, 2.45) is 0 Å². The lowest BCUT2D eigenvalue weighted by molar-refractivity contribution is 0.0684. The van der Waals surface area contributed by atoms with E-state index in [-0.39, 0.29) is 16.3 Å². The SMILES string of the molecule is CCS(=O)(=O)c1ccc2[nH]c(=O)n3nc(C(=O)O)nc3c2c1. The van der Waals surface area contributed by atoms with Crippen molar-refractivity contribution < 1.29 is 18.3 Å². The molecule has 1 aromatic carbocycles. The van der Waals surface area contributed by atoms with Crippen molar-refractivity contribution in [1.29, 1.82) is 0 Å². The van der Waals surface area contributed by atoms with E-state index < -0.39 is 27.3 Å². The molecule has 0 saturated heterocycles. The smallest absolute Gasteiger partial charge is 0.375 e. The highest BCUT2D eigenvalue weighted by Crippen LogP contribution is 2.20. The molecule has 114 valence electrons. The van der Waals surface area contributed by atoms with Crippen LogP contribution in [-0.2, 0) is 9.84 Å². The van der Waals surface area contributed by atoms with Gasteiger partial charge in [-0.25, -0.2) is 23.0 Å². The molecule has 0 atom stereocenters.